The molecule has 3 amide bonds. The lowest BCUT2D eigenvalue weighted by atomic mass is 9.94. The van der Waals surface area contributed by atoms with Crippen molar-refractivity contribution in [3.8, 4) is 0 Å². The Morgan fingerprint density at radius 2 is 1.84 bits per heavy atom. The lowest BCUT2D eigenvalue weighted by molar-refractivity contribution is -0.118. The monoisotopic (exact) mass is 267 g/mol. The van der Waals surface area contributed by atoms with E-state index in [2.05, 4.69) is 22.5 Å². The Kier molecular flexibility index (Phi) is 4.30. The molecular weight excluding hydrogens is 254 g/mol. The van der Waals surface area contributed by atoms with Gasteiger partial charge in [0.25, 0.3) is 0 Å². The molecule has 2 unspecified atom stereocenters. The first kappa shape index (κ1) is 14.3. The van der Waals surface area contributed by atoms with Crippen LogP contribution >= 0.6 is 0 Å². The lowest BCUT2D eigenvalue weighted by Crippen LogP contribution is -2.69. The quantitative estimate of drug-likeness (QED) is 0.362. The van der Waals surface area contributed by atoms with Gasteiger partial charge in [0, 0.05) is 0 Å². The summed E-state index contributed by atoms with van der Waals surface area (Å²) in [6.45, 7) is 3.26. The Hall–Kier alpha value is -2.77. The van der Waals surface area contributed by atoms with E-state index in [9.17, 15) is 14.4 Å². The molecule has 0 aromatic carbocycles. The van der Waals surface area contributed by atoms with Crippen LogP contribution in [0.2, 0.25) is 0 Å². The smallest absolute Gasteiger partial charge is 0.406 e. The van der Waals surface area contributed by atoms with Crippen LogP contribution in [0, 0.1) is 0 Å². The molecule has 0 bridgehead atoms. The second kappa shape index (κ2) is 5.71. The standard InChI is InChI=1S/C11H13N3O5/c1-2-8(15)13-11(14-10(18)19)6-4-3-5-7(11)12-9(16)17/h2-7,12,14H,1H2,(H,13,15)(H,16,17)(H,18,19). The van der Waals surface area contributed by atoms with Gasteiger partial charge in [-0.15, -0.1) is 0 Å². The van der Waals surface area contributed by atoms with Crippen molar-refractivity contribution in [2.75, 3.05) is 0 Å². The van der Waals surface area contributed by atoms with Gasteiger partial charge in [-0.05, 0) is 12.2 Å². The third-order valence-corrected chi connectivity index (χ3v) is 2.37. The van der Waals surface area contributed by atoms with E-state index < -0.39 is 29.8 Å². The fraction of sp³-hybridized carbons (Fsp3) is 0.182. The molecule has 0 fully saturated rings. The number of carbonyl (C=O) groups is 3. The Morgan fingerprint density at radius 3 is 2.37 bits per heavy atom. The summed E-state index contributed by atoms with van der Waals surface area (Å²) in [6.07, 6.45) is 3.95. The van der Waals surface area contributed by atoms with Crippen molar-refractivity contribution in [3.05, 3.63) is 37.0 Å². The third kappa shape index (κ3) is 3.60. The molecule has 8 nitrogen and oxygen atoms in total. The first-order chi connectivity index (χ1) is 8.89. The molecule has 0 saturated heterocycles. The van der Waals surface area contributed by atoms with Crippen molar-refractivity contribution in [1.29, 1.82) is 0 Å². The van der Waals surface area contributed by atoms with Gasteiger partial charge in [0.2, 0.25) is 5.91 Å². The van der Waals surface area contributed by atoms with Crippen LogP contribution < -0.4 is 16.0 Å². The van der Waals surface area contributed by atoms with E-state index in [1.165, 1.54) is 24.3 Å². The molecule has 0 aromatic heterocycles. The van der Waals surface area contributed by atoms with Crippen molar-refractivity contribution in [3.63, 3.8) is 0 Å². The summed E-state index contributed by atoms with van der Waals surface area (Å²) in [7, 11) is 0. The Bertz CT molecular complexity index is 471. The van der Waals surface area contributed by atoms with Gasteiger partial charge >= 0.3 is 12.2 Å². The Morgan fingerprint density at radius 1 is 1.16 bits per heavy atom. The maximum Gasteiger partial charge on any atom is 0.406 e. The van der Waals surface area contributed by atoms with Crippen molar-refractivity contribution in [1.82, 2.24) is 16.0 Å². The van der Waals surface area contributed by atoms with Gasteiger partial charge in [-0.2, -0.15) is 0 Å². The van der Waals surface area contributed by atoms with Crippen LogP contribution in [0.25, 0.3) is 0 Å². The summed E-state index contributed by atoms with van der Waals surface area (Å²) in [5, 5.41) is 24.1. The highest BCUT2D eigenvalue weighted by Gasteiger charge is 2.40. The van der Waals surface area contributed by atoms with Crippen molar-refractivity contribution >= 4 is 18.1 Å². The first-order valence-electron chi connectivity index (χ1n) is 5.21. The summed E-state index contributed by atoms with van der Waals surface area (Å²) < 4.78 is 0. The van der Waals surface area contributed by atoms with Gasteiger partial charge in [0.05, 0.1) is 6.04 Å². The molecule has 1 rings (SSSR count). The molecule has 0 spiro atoms. The highest BCUT2D eigenvalue weighted by molar-refractivity contribution is 5.88. The zero-order valence-corrected chi connectivity index (χ0v) is 9.79. The molecule has 0 aromatic rings. The second-order valence-corrected chi connectivity index (χ2v) is 3.66. The number of rotatable bonds is 4. The van der Waals surface area contributed by atoms with E-state index in [0.29, 0.717) is 0 Å². The number of hydrogen-bond donors (Lipinski definition) is 5. The molecule has 0 saturated carbocycles. The molecule has 8 heteroatoms. The molecule has 0 radical (unpaired) electrons. The van der Waals surface area contributed by atoms with Crippen molar-refractivity contribution in [2.24, 2.45) is 0 Å². The van der Waals surface area contributed by atoms with E-state index in [4.69, 9.17) is 10.2 Å². The van der Waals surface area contributed by atoms with Gasteiger partial charge < -0.3 is 20.8 Å². The Labute approximate surface area is 108 Å². The van der Waals surface area contributed by atoms with Gasteiger partial charge in [-0.3, -0.25) is 10.1 Å². The van der Waals surface area contributed by atoms with E-state index in [1.54, 1.807) is 0 Å². The first-order valence-corrected chi connectivity index (χ1v) is 5.21. The molecule has 1 aliphatic carbocycles. The van der Waals surface area contributed by atoms with E-state index in [-0.39, 0.29) is 0 Å². The van der Waals surface area contributed by atoms with Crippen LogP contribution in [0.3, 0.4) is 0 Å². The van der Waals surface area contributed by atoms with Crippen LogP contribution in [0.4, 0.5) is 9.59 Å². The van der Waals surface area contributed by atoms with Crippen molar-refractivity contribution in [2.45, 2.75) is 11.7 Å². The number of carbonyl (C=O) groups excluding carboxylic acids is 1. The van der Waals surface area contributed by atoms with Crippen LogP contribution in [-0.2, 0) is 4.79 Å². The van der Waals surface area contributed by atoms with Crippen molar-refractivity contribution < 1.29 is 24.6 Å². The van der Waals surface area contributed by atoms with E-state index in [1.807, 2.05) is 0 Å². The summed E-state index contributed by atoms with van der Waals surface area (Å²) in [5.74, 6) is -0.647. The topological polar surface area (TPSA) is 128 Å². The number of hydrogen-bond acceptors (Lipinski definition) is 3. The van der Waals surface area contributed by atoms with Gasteiger partial charge in [-0.25, -0.2) is 9.59 Å². The molecule has 2 atom stereocenters. The minimum Gasteiger partial charge on any atom is -0.465 e. The number of nitrogens with one attached hydrogen (secondary N) is 3. The molecule has 0 heterocycles. The van der Waals surface area contributed by atoms with Crippen LogP contribution in [0.15, 0.2) is 37.0 Å². The van der Waals surface area contributed by atoms with Crippen LogP contribution in [0.5, 0.6) is 0 Å². The number of allylic oxidation sites excluding steroid dienone is 2. The fourth-order valence-corrected chi connectivity index (χ4v) is 1.63. The maximum atomic E-state index is 11.4. The number of amides is 3. The van der Waals surface area contributed by atoms with Crippen LogP contribution in [0.1, 0.15) is 0 Å². The minimum absolute atomic E-state index is 0.647. The normalized spacial score (nSPS) is 24.3. The average molecular weight is 267 g/mol. The SMILES string of the molecule is C=CC(=O)NC1(NC(=O)O)C=CC=CC1NC(=O)O. The summed E-state index contributed by atoms with van der Waals surface area (Å²) in [5.41, 5.74) is -1.61. The highest BCUT2D eigenvalue weighted by atomic mass is 16.4. The largest absolute Gasteiger partial charge is 0.465 e. The third-order valence-electron chi connectivity index (χ3n) is 2.37. The fourth-order valence-electron chi connectivity index (χ4n) is 1.63. The molecule has 1 aliphatic rings. The highest BCUT2D eigenvalue weighted by Crippen LogP contribution is 2.16. The lowest BCUT2D eigenvalue weighted by Gasteiger charge is -2.38. The molecule has 19 heavy (non-hydrogen) atoms. The van der Waals surface area contributed by atoms with Gasteiger partial charge in [0.15, 0.2) is 5.66 Å². The predicted octanol–water partition coefficient (Wildman–Crippen LogP) is 0.0147. The molecule has 102 valence electrons. The summed E-state index contributed by atoms with van der Waals surface area (Å²) in [6, 6.07) is -0.991. The second-order valence-electron chi connectivity index (χ2n) is 3.66. The Balaban J connectivity index is 3.09. The average Bonchev–Trinajstić information content (AvgIpc) is 2.30. The maximum absolute atomic E-state index is 11.4. The van der Waals surface area contributed by atoms with E-state index >= 15 is 0 Å². The predicted molar refractivity (Wildman–Crippen MR) is 65.5 cm³/mol. The van der Waals surface area contributed by atoms with Gasteiger partial charge in [-0.1, -0.05) is 24.8 Å². The molecular formula is C11H13N3O5. The molecule has 0 aliphatic heterocycles. The zero-order chi connectivity index (χ0) is 14.5. The van der Waals surface area contributed by atoms with Gasteiger partial charge in [0.1, 0.15) is 0 Å². The molecule has 5 N–H and O–H groups in total. The number of carboxylic acid groups (broad SMARTS) is 2. The summed E-state index contributed by atoms with van der Waals surface area (Å²) in [4.78, 5) is 33.0. The van der Waals surface area contributed by atoms with E-state index in [0.717, 1.165) is 6.08 Å². The van der Waals surface area contributed by atoms with Crippen LogP contribution in [-0.4, -0.2) is 40.0 Å². The minimum atomic E-state index is -1.61. The zero-order valence-electron chi connectivity index (χ0n) is 9.79. The summed E-state index contributed by atoms with van der Waals surface area (Å²) >= 11 is 0.